The minimum atomic E-state index is 0.172. The van der Waals surface area contributed by atoms with Gasteiger partial charge in [-0.2, -0.15) is 0 Å². The monoisotopic (exact) mass is 405 g/mol. The topological polar surface area (TPSA) is 37.6 Å². The van der Waals surface area contributed by atoms with Crippen molar-refractivity contribution in [2.45, 2.75) is 54.9 Å². The number of carbonyl (C=O) groups is 1. The van der Waals surface area contributed by atoms with Gasteiger partial charge in [0.25, 0.3) is 0 Å². The van der Waals surface area contributed by atoms with Crippen LogP contribution in [0.25, 0.3) is 16.9 Å². The lowest BCUT2D eigenvalue weighted by atomic mass is 10.0. The van der Waals surface area contributed by atoms with Gasteiger partial charge in [0.1, 0.15) is 5.65 Å². The van der Waals surface area contributed by atoms with Crippen molar-refractivity contribution in [3.63, 3.8) is 0 Å². The Kier molecular flexibility index (Phi) is 6.64. The summed E-state index contributed by atoms with van der Waals surface area (Å²) in [6.07, 6.45) is 2.38. The van der Waals surface area contributed by atoms with Gasteiger partial charge < -0.3 is 9.30 Å². The molecular formula is C26H35N3O. The maximum atomic E-state index is 13.4. The molecule has 0 atom stereocenters. The maximum absolute atomic E-state index is 13.4. The van der Waals surface area contributed by atoms with Crippen molar-refractivity contribution < 1.29 is 4.79 Å². The molecule has 2 heterocycles. The Bertz CT molecular complexity index is 1040. The molecule has 4 nitrogen and oxygen atoms in total. The zero-order valence-corrected chi connectivity index (χ0v) is 19.5. The van der Waals surface area contributed by atoms with Crippen LogP contribution in [0.4, 0.5) is 0 Å². The number of carbonyl (C=O) groups excluding carboxylic acids is 1. The highest BCUT2D eigenvalue weighted by molar-refractivity contribution is 5.82. The lowest BCUT2D eigenvalue weighted by Crippen LogP contribution is -2.38. The maximum Gasteiger partial charge on any atom is 0.228 e. The lowest BCUT2D eigenvalue weighted by Gasteiger charge is -2.26. The van der Waals surface area contributed by atoms with Gasteiger partial charge in [-0.1, -0.05) is 45.9 Å². The Morgan fingerprint density at radius 2 is 1.63 bits per heavy atom. The number of hydrogen-bond donors (Lipinski definition) is 0. The van der Waals surface area contributed by atoms with Crippen LogP contribution >= 0.6 is 0 Å². The first kappa shape index (κ1) is 22.1. The molecule has 1 aromatic carbocycles. The molecule has 0 aliphatic carbocycles. The summed E-state index contributed by atoms with van der Waals surface area (Å²) in [5.74, 6) is 1.05. The van der Waals surface area contributed by atoms with Gasteiger partial charge in [0.15, 0.2) is 0 Å². The molecule has 0 fully saturated rings. The van der Waals surface area contributed by atoms with E-state index in [2.05, 4.69) is 77.1 Å². The van der Waals surface area contributed by atoms with E-state index in [-0.39, 0.29) is 5.91 Å². The Hall–Kier alpha value is -2.62. The summed E-state index contributed by atoms with van der Waals surface area (Å²) in [6.45, 7) is 16.5. The Morgan fingerprint density at radius 1 is 0.967 bits per heavy atom. The molecule has 30 heavy (non-hydrogen) atoms. The first-order valence-electron chi connectivity index (χ1n) is 11.0. The average Bonchev–Trinajstić information content (AvgIpc) is 3.02. The van der Waals surface area contributed by atoms with Gasteiger partial charge in [-0.05, 0) is 61.4 Å². The first-order valence-corrected chi connectivity index (χ1v) is 11.0. The summed E-state index contributed by atoms with van der Waals surface area (Å²) in [5.41, 5.74) is 7.49. The zero-order chi connectivity index (χ0) is 22.0. The standard InChI is InChI=1S/C26H35N3O/c1-17(2)15-28(16-18(3)4)24(30)14-23-25(22-11-10-19(5)21(7)13-22)27-26-20(6)9-8-12-29(23)26/h8-13,17-18H,14-16H2,1-7H3. The Morgan fingerprint density at radius 3 is 2.23 bits per heavy atom. The molecule has 0 saturated carbocycles. The quantitative estimate of drug-likeness (QED) is 0.512. The molecule has 0 radical (unpaired) electrons. The molecule has 3 aromatic rings. The second-order valence-corrected chi connectivity index (χ2v) is 9.35. The number of hydrogen-bond acceptors (Lipinski definition) is 2. The molecular weight excluding hydrogens is 370 g/mol. The number of pyridine rings is 1. The third-order valence-corrected chi connectivity index (χ3v) is 5.57. The van der Waals surface area contributed by atoms with Gasteiger partial charge >= 0.3 is 0 Å². The van der Waals surface area contributed by atoms with Gasteiger partial charge in [-0.3, -0.25) is 4.79 Å². The highest BCUT2D eigenvalue weighted by Crippen LogP contribution is 2.28. The fourth-order valence-electron chi connectivity index (χ4n) is 3.96. The van der Waals surface area contributed by atoms with Crippen molar-refractivity contribution in [2.75, 3.05) is 13.1 Å². The normalized spacial score (nSPS) is 11.6. The molecule has 0 N–H and O–H groups in total. The molecule has 0 aliphatic rings. The second-order valence-electron chi connectivity index (χ2n) is 9.35. The van der Waals surface area contributed by atoms with Gasteiger partial charge in [0.05, 0.1) is 17.8 Å². The summed E-state index contributed by atoms with van der Waals surface area (Å²) in [7, 11) is 0. The van der Waals surface area contributed by atoms with Gasteiger partial charge in [-0.25, -0.2) is 4.98 Å². The van der Waals surface area contributed by atoms with Gasteiger partial charge in [0.2, 0.25) is 5.91 Å². The summed E-state index contributed by atoms with van der Waals surface area (Å²) >= 11 is 0. The van der Waals surface area contributed by atoms with Crippen molar-refractivity contribution in [1.29, 1.82) is 0 Å². The Balaban J connectivity index is 2.08. The van der Waals surface area contributed by atoms with Gasteiger partial charge in [0, 0.05) is 24.8 Å². The van der Waals surface area contributed by atoms with E-state index in [9.17, 15) is 4.79 Å². The predicted octanol–water partition coefficient (Wildman–Crippen LogP) is 5.61. The molecule has 160 valence electrons. The molecule has 2 aromatic heterocycles. The van der Waals surface area contributed by atoms with E-state index in [0.29, 0.717) is 18.3 Å². The van der Waals surface area contributed by atoms with E-state index in [4.69, 9.17) is 4.98 Å². The number of rotatable bonds is 7. The SMILES string of the molecule is Cc1ccc(-c2nc3c(C)cccn3c2CC(=O)N(CC(C)C)CC(C)C)cc1C. The number of amides is 1. The van der Waals surface area contributed by atoms with E-state index >= 15 is 0 Å². The van der Waals surface area contributed by atoms with E-state index in [1.54, 1.807) is 0 Å². The summed E-state index contributed by atoms with van der Waals surface area (Å²) in [5, 5.41) is 0. The van der Waals surface area contributed by atoms with E-state index in [1.165, 1.54) is 11.1 Å². The van der Waals surface area contributed by atoms with Crippen LogP contribution in [-0.2, 0) is 11.2 Å². The molecule has 0 spiro atoms. The number of fused-ring (bicyclic) bond motifs is 1. The van der Waals surface area contributed by atoms with E-state index in [1.807, 2.05) is 17.2 Å². The number of nitrogens with zero attached hydrogens (tertiary/aromatic N) is 3. The summed E-state index contributed by atoms with van der Waals surface area (Å²) in [6, 6.07) is 10.5. The minimum Gasteiger partial charge on any atom is -0.342 e. The van der Waals surface area contributed by atoms with Crippen LogP contribution in [0.15, 0.2) is 36.5 Å². The van der Waals surface area contributed by atoms with Crippen LogP contribution in [0.3, 0.4) is 0 Å². The number of imidazole rings is 1. The van der Waals surface area contributed by atoms with Gasteiger partial charge in [-0.15, -0.1) is 0 Å². The van der Waals surface area contributed by atoms with Crippen LogP contribution in [0, 0.1) is 32.6 Å². The van der Waals surface area contributed by atoms with Crippen molar-refractivity contribution >= 4 is 11.6 Å². The highest BCUT2D eigenvalue weighted by Gasteiger charge is 2.22. The number of aryl methyl sites for hydroxylation is 3. The third kappa shape index (κ3) is 4.75. The lowest BCUT2D eigenvalue weighted by molar-refractivity contribution is -0.131. The van der Waals surface area contributed by atoms with Crippen LogP contribution < -0.4 is 0 Å². The smallest absolute Gasteiger partial charge is 0.228 e. The minimum absolute atomic E-state index is 0.172. The largest absolute Gasteiger partial charge is 0.342 e. The molecule has 1 amide bonds. The van der Waals surface area contributed by atoms with Crippen LogP contribution in [-0.4, -0.2) is 33.3 Å². The molecule has 0 saturated heterocycles. The van der Waals surface area contributed by atoms with Crippen molar-refractivity contribution in [2.24, 2.45) is 11.8 Å². The highest BCUT2D eigenvalue weighted by atomic mass is 16.2. The average molecular weight is 406 g/mol. The number of aromatic nitrogens is 2. The molecule has 3 rings (SSSR count). The van der Waals surface area contributed by atoms with Crippen molar-refractivity contribution in [1.82, 2.24) is 14.3 Å². The third-order valence-electron chi connectivity index (χ3n) is 5.57. The molecule has 0 unspecified atom stereocenters. The number of benzene rings is 1. The molecule has 0 bridgehead atoms. The van der Waals surface area contributed by atoms with Crippen LogP contribution in [0.5, 0.6) is 0 Å². The molecule has 0 aliphatic heterocycles. The summed E-state index contributed by atoms with van der Waals surface area (Å²) < 4.78 is 2.10. The second kappa shape index (κ2) is 9.03. The van der Waals surface area contributed by atoms with Crippen LogP contribution in [0.1, 0.15) is 50.1 Å². The Labute approximate surface area is 180 Å². The van der Waals surface area contributed by atoms with E-state index in [0.717, 1.165) is 41.3 Å². The van der Waals surface area contributed by atoms with Crippen LogP contribution in [0.2, 0.25) is 0 Å². The van der Waals surface area contributed by atoms with Crippen molar-refractivity contribution in [3.05, 3.63) is 58.9 Å². The first-order chi connectivity index (χ1) is 14.2. The van der Waals surface area contributed by atoms with Crippen molar-refractivity contribution in [3.8, 4) is 11.3 Å². The predicted molar refractivity (Wildman–Crippen MR) is 125 cm³/mol. The fraction of sp³-hybridized carbons (Fsp3) is 0.462. The fourth-order valence-corrected chi connectivity index (χ4v) is 3.96. The molecule has 4 heteroatoms. The summed E-state index contributed by atoms with van der Waals surface area (Å²) in [4.78, 5) is 20.4. The van der Waals surface area contributed by atoms with E-state index < -0.39 is 0 Å². The zero-order valence-electron chi connectivity index (χ0n) is 19.5.